The summed E-state index contributed by atoms with van der Waals surface area (Å²) in [5.41, 5.74) is 2.37. The molecule has 1 N–H and O–H groups in total. The monoisotopic (exact) mass is 300 g/mol. The average molecular weight is 300 g/mol. The van der Waals surface area contributed by atoms with Crippen LogP contribution < -0.4 is 5.32 Å². The topological polar surface area (TPSA) is 35.8 Å². The molecule has 0 saturated heterocycles. The lowest BCUT2D eigenvalue weighted by atomic mass is 10.1. The minimum atomic E-state index is 0.205. The number of nitriles is 1. The molecular formula is C11H13IN2. The second kappa shape index (κ2) is 5.20. The third-order valence-electron chi connectivity index (χ3n) is 2.07. The van der Waals surface area contributed by atoms with E-state index in [0.29, 0.717) is 6.42 Å². The van der Waals surface area contributed by atoms with Gasteiger partial charge in [-0.3, -0.25) is 0 Å². The summed E-state index contributed by atoms with van der Waals surface area (Å²) >= 11 is 2.31. The molecule has 0 bridgehead atoms. The van der Waals surface area contributed by atoms with Crippen molar-refractivity contribution in [2.75, 3.05) is 5.32 Å². The molecule has 0 spiro atoms. The van der Waals surface area contributed by atoms with Gasteiger partial charge in [0.15, 0.2) is 0 Å². The van der Waals surface area contributed by atoms with Crippen LogP contribution in [-0.4, -0.2) is 6.04 Å². The van der Waals surface area contributed by atoms with Crippen molar-refractivity contribution in [3.05, 3.63) is 27.3 Å². The number of hydrogen-bond donors (Lipinski definition) is 1. The van der Waals surface area contributed by atoms with Gasteiger partial charge in [0, 0.05) is 15.3 Å². The summed E-state index contributed by atoms with van der Waals surface area (Å²) in [6.07, 6.45) is 0.533. The number of rotatable bonds is 3. The van der Waals surface area contributed by atoms with Crippen LogP contribution in [0.5, 0.6) is 0 Å². The summed E-state index contributed by atoms with van der Waals surface area (Å²) in [7, 11) is 0. The number of benzene rings is 1. The third kappa shape index (κ3) is 2.88. The molecule has 0 radical (unpaired) electrons. The van der Waals surface area contributed by atoms with E-state index in [1.807, 2.05) is 19.1 Å². The van der Waals surface area contributed by atoms with E-state index in [2.05, 4.69) is 47.0 Å². The van der Waals surface area contributed by atoms with Crippen LogP contribution in [0.2, 0.25) is 0 Å². The highest BCUT2D eigenvalue weighted by Gasteiger charge is 2.04. The predicted octanol–water partition coefficient (Wildman–Crippen LogP) is 3.31. The van der Waals surface area contributed by atoms with E-state index in [1.165, 1.54) is 9.13 Å². The summed E-state index contributed by atoms with van der Waals surface area (Å²) in [6, 6.07) is 8.51. The minimum absolute atomic E-state index is 0.205. The van der Waals surface area contributed by atoms with Gasteiger partial charge >= 0.3 is 0 Å². The molecule has 0 aromatic heterocycles. The van der Waals surface area contributed by atoms with Crippen molar-refractivity contribution in [1.82, 2.24) is 0 Å². The summed E-state index contributed by atoms with van der Waals surface area (Å²) < 4.78 is 1.25. The Bertz CT molecular complexity index is 355. The maximum absolute atomic E-state index is 8.55. The van der Waals surface area contributed by atoms with E-state index in [1.54, 1.807) is 0 Å². The Balaban J connectivity index is 2.77. The van der Waals surface area contributed by atoms with Crippen LogP contribution >= 0.6 is 22.6 Å². The number of halogens is 1. The summed E-state index contributed by atoms with van der Waals surface area (Å²) in [6.45, 7) is 4.10. The van der Waals surface area contributed by atoms with Crippen LogP contribution in [0.15, 0.2) is 18.2 Å². The first-order valence-electron chi connectivity index (χ1n) is 4.53. The largest absolute Gasteiger partial charge is 0.381 e. The average Bonchev–Trinajstić information content (AvgIpc) is 2.13. The van der Waals surface area contributed by atoms with Crippen LogP contribution in [0.4, 0.5) is 5.69 Å². The van der Waals surface area contributed by atoms with E-state index in [4.69, 9.17) is 5.26 Å². The number of hydrogen-bond acceptors (Lipinski definition) is 2. The SMILES string of the molecule is Cc1c(I)cccc1NC(C)CC#N. The maximum atomic E-state index is 8.55. The minimum Gasteiger partial charge on any atom is -0.381 e. The number of nitrogens with zero attached hydrogens (tertiary/aromatic N) is 1. The summed E-state index contributed by atoms with van der Waals surface area (Å²) in [4.78, 5) is 0. The first-order chi connectivity index (χ1) is 6.65. The van der Waals surface area contributed by atoms with Crippen LogP contribution in [0, 0.1) is 21.8 Å². The Hall–Kier alpha value is -0.760. The van der Waals surface area contributed by atoms with Crippen molar-refractivity contribution in [3.63, 3.8) is 0 Å². The van der Waals surface area contributed by atoms with E-state index in [0.717, 1.165) is 5.69 Å². The first-order valence-corrected chi connectivity index (χ1v) is 5.61. The Morgan fingerprint density at radius 1 is 1.57 bits per heavy atom. The maximum Gasteiger partial charge on any atom is 0.0643 e. The van der Waals surface area contributed by atoms with E-state index in [9.17, 15) is 0 Å². The van der Waals surface area contributed by atoms with Crippen LogP contribution in [0.1, 0.15) is 18.9 Å². The van der Waals surface area contributed by atoms with Gasteiger partial charge in [0.2, 0.25) is 0 Å². The van der Waals surface area contributed by atoms with Crippen molar-refractivity contribution >= 4 is 28.3 Å². The Labute approximate surface area is 98.5 Å². The van der Waals surface area contributed by atoms with Gasteiger partial charge < -0.3 is 5.32 Å². The predicted molar refractivity (Wildman–Crippen MR) is 67.2 cm³/mol. The van der Waals surface area contributed by atoms with Gasteiger partial charge in [-0.15, -0.1) is 0 Å². The molecule has 1 aromatic carbocycles. The van der Waals surface area contributed by atoms with Crippen molar-refractivity contribution in [2.45, 2.75) is 26.3 Å². The molecule has 0 amide bonds. The lowest BCUT2D eigenvalue weighted by Crippen LogP contribution is -2.15. The van der Waals surface area contributed by atoms with Gasteiger partial charge in [0.1, 0.15) is 0 Å². The Kier molecular flexibility index (Phi) is 4.21. The lowest BCUT2D eigenvalue weighted by molar-refractivity contribution is 0.819. The molecule has 0 heterocycles. The van der Waals surface area contributed by atoms with Crippen molar-refractivity contribution in [1.29, 1.82) is 5.26 Å². The zero-order valence-electron chi connectivity index (χ0n) is 8.34. The molecule has 0 aliphatic heterocycles. The fourth-order valence-corrected chi connectivity index (χ4v) is 1.72. The molecule has 1 rings (SSSR count). The molecule has 1 atom stereocenters. The molecule has 1 unspecified atom stereocenters. The van der Waals surface area contributed by atoms with Crippen molar-refractivity contribution in [2.24, 2.45) is 0 Å². The van der Waals surface area contributed by atoms with Crippen LogP contribution in [-0.2, 0) is 0 Å². The standard InChI is InChI=1S/C11H13IN2/c1-8(6-7-13)14-11-5-3-4-10(12)9(11)2/h3-5,8,14H,6H2,1-2H3. The van der Waals surface area contributed by atoms with Gasteiger partial charge in [-0.25, -0.2) is 0 Å². The van der Waals surface area contributed by atoms with Gasteiger partial charge in [0.25, 0.3) is 0 Å². The highest BCUT2D eigenvalue weighted by molar-refractivity contribution is 14.1. The molecule has 2 nitrogen and oxygen atoms in total. The van der Waals surface area contributed by atoms with Gasteiger partial charge in [-0.05, 0) is 54.1 Å². The van der Waals surface area contributed by atoms with Crippen LogP contribution in [0.3, 0.4) is 0 Å². The van der Waals surface area contributed by atoms with Gasteiger partial charge in [-0.1, -0.05) is 6.07 Å². The first kappa shape index (κ1) is 11.3. The number of nitrogens with one attached hydrogen (secondary N) is 1. The third-order valence-corrected chi connectivity index (χ3v) is 3.24. The molecule has 14 heavy (non-hydrogen) atoms. The van der Waals surface area contributed by atoms with Gasteiger partial charge in [0.05, 0.1) is 12.5 Å². The number of anilines is 1. The smallest absolute Gasteiger partial charge is 0.0643 e. The molecule has 1 aromatic rings. The fourth-order valence-electron chi connectivity index (χ4n) is 1.22. The zero-order chi connectivity index (χ0) is 10.6. The van der Waals surface area contributed by atoms with Crippen LogP contribution in [0.25, 0.3) is 0 Å². The molecule has 3 heteroatoms. The molecule has 0 saturated carbocycles. The Morgan fingerprint density at radius 2 is 2.29 bits per heavy atom. The zero-order valence-corrected chi connectivity index (χ0v) is 10.5. The molecule has 0 aliphatic rings. The molecule has 74 valence electrons. The normalized spacial score (nSPS) is 11.9. The molecule has 0 aliphatic carbocycles. The Morgan fingerprint density at radius 3 is 2.93 bits per heavy atom. The van der Waals surface area contributed by atoms with Crippen molar-refractivity contribution < 1.29 is 0 Å². The quantitative estimate of drug-likeness (QED) is 0.869. The lowest BCUT2D eigenvalue weighted by Gasteiger charge is -2.14. The highest BCUT2D eigenvalue weighted by atomic mass is 127. The highest BCUT2D eigenvalue weighted by Crippen LogP contribution is 2.21. The second-order valence-electron chi connectivity index (χ2n) is 3.32. The second-order valence-corrected chi connectivity index (χ2v) is 4.48. The molecular weight excluding hydrogens is 287 g/mol. The fraction of sp³-hybridized carbons (Fsp3) is 0.364. The summed E-state index contributed by atoms with van der Waals surface area (Å²) in [5, 5.41) is 11.9. The van der Waals surface area contributed by atoms with E-state index >= 15 is 0 Å². The van der Waals surface area contributed by atoms with Gasteiger partial charge in [-0.2, -0.15) is 5.26 Å². The van der Waals surface area contributed by atoms with E-state index in [-0.39, 0.29) is 6.04 Å². The van der Waals surface area contributed by atoms with E-state index < -0.39 is 0 Å². The van der Waals surface area contributed by atoms with Crippen molar-refractivity contribution in [3.8, 4) is 6.07 Å². The summed E-state index contributed by atoms with van der Waals surface area (Å²) in [5.74, 6) is 0. The molecule has 0 fully saturated rings.